The third kappa shape index (κ3) is 15.4. The lowest BCUT2D eigenvalue weighted by atomic mass is 9.86. The lowest BCUT2D eigenvalue weighted by molar-refractivity contribution is -0.129. The topological polar surface area (TPSA) is 43.9 Å². The molecule has 0 radical (unpaired) electrons. The molecule has 5 nitrogen and oxygen atoms in total. The third-order valence-electron chi connectivity index (χ3n) is 9.75. The number of likely N-dealkylation sites (tertiary alicyclic amines) is 1. The second-order valence-corrected chi connectivity index (χ2v) is 14.1. The average Bonchev–Trinajstić information content (AvgIpc) is 3.59. The SMILES string of the molecule is C.C.C.C.CC.CC(C)C1=CC(N2CCCC2=O)CCC1.CC(C)C1=CC(N2CCN(C)C2=O)CCC1.CC1C=C(C(C)C)CCC1. The summed E-state index contributed by atoms with van der Waals surface area (Å²) >= 11 is 0. The molecule has 0 N–H and O–H groups in total. The first kappa shape index (κ1) is 49.3. The van der Waals surface area contributed by atoms with Crippen LogP contribution in [-0.4, -0.2) is 65.4 Å². The normalized spacial score (nSPS) is 23.6. The number of carbonyl (C=O) groups is 2. The number of rotatable bonds is 5. The second-order valence-electron chi connectivity index (χ2n) is 14.1. The molecule has 5 heteroatoms. The van der Waals surface area contributed by atoms with Crippen LogP contribution in [0.3, 0.4) is 0 Å². The summed E-state index contributed by atoms with van der Waals surface area (Å²) in [6.45, 7) is 22.6. The van der Waals surface area contributed by atoms with Gasteiger partial charge in [-0.15, -0.1) is 0 Å². The molecule has 3 atom stereocenters. The fraction of sp³-hybridized carbons (Fsp3) is 0.810. The van der Waals surface area contributed by atoms with Gasteiger partial charge in [-0.2, -0.15) is 0 Å². The zero-order valence-corrected chi connectivity index (χ0v) is 29.8. The number of hydrogen-bond acceptors (Lipinski definition) is 2. The lowest BCUT2D eigenvalue weighted by Crippen LogP contribution is -2.38. The molecule has 3 aliphatic carbocycles. The van der Waals surface area contributed by atoms with Crippen LogP contribution in [-0.2, 0) is 4.79 Å². The smallest absolute Gasteiger partial charge is 0.320 e. The van der Waals surface area contributed by atoms with Crippen LogP contribution in [0.2, 0.25) is 0 Å². The Bertz CT molecular complexity index is 961. The van der Waals surface area contributed by atoms with Gasteiger partial charge in [-0.05, 0) is 87.9 Å². The first-order valence-electron chi connectivity index (χ1n) is 17.9. The summed E-state index contributed by atoms with van der Waals surface area (Å²) in [5.41, 5.74) is 4.75. The molecule has 2 heterocycles. The molecule has 2 aliphatic heterocycles. The first-order valence-corrected chi connectivity index (χ1v) is 17.9. The van der Waals surface area contributed by atoms with Gasteiger partial charge in [0.25, 0.3) is 0 Å². The standard InChI is InChI=1S/C13H22N2O.C13H21NO.C10H18.C2H6.4CH4/c1-10(2)11-5-4-6-12(9-11)15-8-7-14(3)13(15)16;1-10(2)11-5-3-6-12(9-11)14-8-4-7-13(14)15;1-8(2)10-6-4-5-9(3)7-10;1-2;;;;/h9-10,12H,4-8H2,1-3H3;9-10,12H,3-8H2,1-2H3;7-9H,4-6H2,1-3H3;1-2H3;4*1H4. The Morgan fingerprint density at radius 3 is 1.34 bits per heavy atom. The fourth-order valence-corrected chi connectivity index (χ4v) is 6.95. The van der Waals surface area contributed by atoms with Crippen LogP contribution < -0.4 is 0 Å². The van der Waals surface area contributed by atoms with Gasteiger partial charge in [-0.1, -0.05) is 127 Å². The minimum Gasteiger partial charge on any atom is -0.336 e. The molecule has 278 valence electrons. The van der Waals surface area contributed by atoms with Gasteiger partial charge >= 0.3 is 6.03 Å². The molecule has 0 saturated carbocycles. The summed E-state index contributed by atoms with van der Waals surface area (Å²) in [7, 11) is 1.89. The van der Waals surface area contributed by atoms with E-state index in [1.165, 1.54) is 56.9 Å². The predicted octanol–water partition coefficient (Wildman–Crippen LogP) is 12.2. The minimum absolute atomic E-state index is 0. The van der Waals surface area contributed by atoms with Crippen LogP contribution in [0.25, 0.3) is 0 Å². The number of likely N-dealkylation sites (N-methyl/N-ethyl adjacent to an activating group) is 1. The molecule has 2 fully saturated rings. The van der Waals surface area contributed by atoms with E-state index in [1.54, 1.807) is 11.1 Å². The largest absolute Gasteiger partial charge is 0.336 e. The molecule has 3 unspecified atom stereocenters. The Labute approximate surface area is 295 Å². The van der Waals surface area contributed by atoms with Crippen molar-refractivity contribution in [2.24, 2.45) is 23.7 Å². The summed E-state index contributed by atoms with van der Waals surface area (Å²) in [6, 6.07) is 0.959. The van der Waals surface area contributed by atoms with Crippen molar-refractivity contribution in [2.45, 2.75) is 175 Å². The zero-order chi connectivity index (χ0) is 32.1. The van der Waals surface area contributed by atoms with Crippen molar-refractivity contribution in [2.75, 3.05) is 26.7 Å². The molecule has 47 heavy (non-hydrogen) atoms. The molecule has 2 saturated heterocycles. The van der Waals surface area contributed by atoms with Crippen molar-refractivity contribution in [3.8, 4) is 0 Å². The highest BCUT2D eigenvalue weighted by Gasteiger charge is 2.32. The van der Waals surface area contributed by atoms with Crippen molar-refractivity contribution in [3.05, 3.63) is 34.9 Å². The van der Waals surface area contributed by atoms with Gasteiger partial charge in [0.05, 0.1) is 12.1 Å². The van der Waals surface area contributed by atoms with Gasteiger partial charge in [0.15, 0.2) is 0 Å². The maximum absolute atomic E-state index is 11.9. The summed E-state index contributed by atoms with van der Waals surface area (Å²) in [4.78, 5) is 29.5. The second kappa shape index (κ2) is 25.0. The van der Waals surface area contributed by atoms with Gasteiger partial charge in [-0.3, -0.25) is 4.79 Å². The predicted molar refractivity (Wildman–Crippen MR) is 211 cm³/mol. The van der Waals surface area contributed by atoms with E-state index >= 15 is 0 Å². The minimum atomic E-state index is 0. The molecule has 5 aliphatic rings. The van der Waals surface area contributed by atoms with Crippen molar-refractivity contribution in [3.63, 3.8) is 0 Å². The van der Waals surface area contributed by atoms with Crippen LogP contribution in [0.15, 0.2) is 34.9 Å². The van der Waals surface area contributed by atoms with Crippen molar-refractivity contribution >= 4 is 11.9 Å². The number of nitrogens with zero attached hydrogens (tertiary/aromatic N) is 3. The first-order chi connectivity index (χ1) is 20.5. The molecule has 0 aromatic heterocycles. The molecule has 0 aromatic carbocycles. The van der Waals surface area contributed by atoms with Crippen LogP contribution in [0.5, 0.6) is 0 Å². The van der Waals surface area contributed by atoms with E-state index < -0.39 is 0 Å². The zero-order valence-electron chi connectivity index (χ0n) is 29.8. The summed E-state index contributed by atoms with van der Waals surface area (Å²) in [5, 5.41) is 0. The number of amides is 3. The average molecular weight is 662 g/mol. The van der Waals surface area contributed by atoms with Crippen molar-refractivity contribution < 1.29 is 9.59 Å². The summed E-state index contributed by atoms with van der Waals surface area (Å²) < 4.78 is 0. The van der Waals surface area contributed by atoms with Gasteiger partial charge < -0.3 is 14.7 Å². The van der Waals surface area contributed by atoms with Crippen LogP contribution in [0, 0.1) is 23.7 Å². The molecular weight excluding hydrogens is 578 g/mol. The Morgan fingerprint density at radius 2 is 1.00 bits per heavy atom. The molecular formula is C42H83N3O2. The van der Waals surface area contributed by atoms with E-state index in [9.17, 15) is 9.59 Å². The number of allylic oxidation sites excluding steroid dienone is 4. The lowest BCUT2D eigenvalue weighted by Gasteiger charge is -2.30. The molecule has 5 rings (SSSR count). The van der Waals surface area contributed by atoms with Crippen molar-refractivity contribution in [1.29, 1.82) is 0 Å². The molecule has 3 amide bonds. The van der Waals surface area contributed by atoms with Crippen molar-refractivity contribution in [1.82, 2.24) is 14.7 Å². The molecule has 0 aromatic rings. The van der Waals surface area contributed by atoms with Gasteiger partial charge in [0.1, 0.15) is 0 Å². The highest BCUT2D eigenvalue weighted by Crippen LogP contribution is 2.30. The van der Waals surface area contributed by atoms with E-state index in [4.69, 9.17) is 0 Å². The number of carbonyl (C=O) groups excluding carboxylic acids is 2. The van der Waals surface area contributed by atoms with Gasteiger partial charge in [-0.25, -0.2) is 4.79 Å². The third-order valence-corrected chi connectivity index (χ3v) is 9.75. The Morgan fingerprint density at radius 1 is 0.574 bits per heavy atom. The molecule has 0 spiro atoms. The van der Waals surface area contributed by atoms with Crippen LogP contribution in [0.1, 0.15) is 163 Å². The monoisotopic (exact) mass is 662 g/mol. The highest BCUT2D eigenvalue weighted by atomic mass is 16.2. The summed E-state index contributed by atoms with van der Waals surface area (Å²) in [5.74, 6) is 3.25. The Hall–Kier alpha value is -2.04. The fourth-order valence-electron chi connectivity index (χ4n) is 6.95. The Kier molecular flexibility index (Phi) is 26.3. The van der Waals surface area contributed by atoms with E-state index in [0.717, 1.165) is 50.7 Å². The highest BCUT2D eigenvalue weighted by molar-refractivity contribution is 5.78. The number of urea groups is 1. The molecule has 0 bridgehead atoms. The van der Waals surface area contributed by atoms with E-state index in [-0.39, 0.29) is 35.7 Å². The van der Waals surface area contributed by atoms with E-state index in [1.807, 2.05) is 30.7 Å². The Balaban J connectivity index is -0.000000590. The van der Waals surface area contributed by atoms with E-state index in [2.05, 4.69) is 71.6 Å². The van der Waals surface area contributed by atoms with Gasteiger partial charge in [0.2, 0.25) is 5.91 Å². The van der Waals surface area contributed by atoms with Crippen LogP contribution in [0.4, 0.5) is 4.79 Å². The summed E-state index contributed by atoms with van der Waals surface area (Å²) in [6.07, 6.45) is 20.4. The van der Waals surface area contributed by atoms with Crippen LogP contribution >= 0.6 is 0 Å². The number of hydrogen-bond donors (Lipinski definition) is 0. The van der Waals surface area contributed by atoms with Gasteiger partial charge in [0, 0.05) is 33.1 Å². The maximum Gasteiger partial charge on any atom is 0.320 e. The maximum atomic E-state index is 11.9. The quantitative estimate of drug-likeness (QED) is 0.275. The van der Waals surface area contributed by atoms with E-state index in [0.29, 0.717) is 29.8 Å².